The lowest BCUT2D eigenvalue weighted by molar-refractivity contribution is -0.143. The molecule has 2 unspecified atom stereocenters. The summed E-state index contributed by atoms with van der Waals surface area (Å²) in [5.74, 6) is -0.812. The van der Waals surface area contributed by atoms with E-state index in [2.05, 4.69) is 5.32 Å². The van der Waals surface area contributed by atoms with Crippen molar-refractivity contribution in [1.82, 2.24) is 10.2 Å². The van der Waals surface area contributed by atoms with Gasteiger partial charge in [0.2, 0.25) is 5.91 Å². The van der Waals surface area contributed by atoms with Crippen molar-refractivity contribution in [2.45, 2.75) is 32.7 Å². The van der Waals surface area contributed by atoms with E-state index in [0.717, 1.165) is 12.8 Å². The van der Waals surface area contributed by atoms with Gasteiger partial charge in [-0.3, -0.25) is 9.59 Å². The number of rotatable bonds is 4. The first-order valence-corrected chi connectivity index (χ1v) is 5.81. The summed E-state index contributed by atoms with van der Waals surface area (Å²) in [5.41, 5.74) is 0. The minimum atomic E-state index is -0.888. The first kappa shape index (κ1) is 13.0. The monoisotopic (exact) mass is 228 g/mol. The topological polar surface area (TPSA) is 69.6 Å². The normalized spacial score (nSPS) is 22.9. The molecule has 1 rings (SSSR count). The summed E-state index contributed by atoms with van der Waals surface area (Å²) in [4.78, 5) is 24.4. The van der Waals surface area contributed by atoms with Crippen molar-refractivity contribution in [3.8, 4) is 0 Å². The number of amides is 1. The number of carbonyl (C=O) groups excluding carboxylic acids is 1. The predicted octanol–water partition coefficient (Wildman–Crippen LogP) is 0.308. The molecule has 0 radical (unpaired) electrons. The van der Waals surface area contributed by atoms with E-state index in [1.54, 1.807) is 4.90 Å². The Morgan fingerprint density at radius 3 is 2.81 bits per heavy atom. The van der Waals surface area contributed by atoms with Crippen LogP contribution in [-0.2, 0) is 9.59 Å². The molecule has 1 fully saturated rings. The molecule has 5 nitrogen and oxygen atoms in total. The van der Waals surface area contributed by atoms with Gasteiger partial charge in [0.15, 0.2) is 0 Å². The van der Waals surface area contributed by atoms with Gasteiger partial charge in [0.25, 0.3) is 0 Å². The van der Waals surface area contributed by atoms with E-state index < -0.39 is 12.0 Å². The lowest BCUT2D eigenvalue weighted by Gasteiger charge is -2.33. The molecule has 2 N–H and O–H groups in total. The Balaban J connectivity index is 2.53. The summed E-state index contributed by atoms with van der Waals surface area (Å²) in [5, 5.41) is 11.8. The summed E-state index contributed by atoms with van der Waals surface area (Å²) in [6.45, 7) is 5.39. The number of nitrogens with one attached hydrogen (secondary N) is 1. The maximum atomic E-state index is 12.0. The zero-order valence-corrected chi connectivity index (χ0v) is 9.90. The van der Waals surface area contributed by atoms with Crippen molar-refractivity contribution in [2.75, 3.05) is 19.6 Å². The minimum Gasteiger partial charge on any atom is -0.480 e. The summed E-state index contributed by atoms with van der Waals surface area (Å²) >= 11 is 0. The van der Waals surface area contributed by atoms with Crippen molar-refractivity contribution in [1.29, 1.82) is 0 Å². The highest BCUT2D eigenvalue weighted by Gasteiger charge is 2.29. The molecule has 0 spiro atoms. The third-order valence-corrected chi connectivity index (χ3v) is 2.93. The molecule has 1 amide bonds. The number of carbonyl (C=O) groups is 2. The number of hydrogen-bond acceptors (Lipinski definition) is 3. The SMILES string of the molecule is CCCC(C)C(=O)N1CCNC(C(=O)O)C1. The van der Waals surface area contributed by atoms with Crippen molar-refractivity contribution < 1.29 is 14.7 Å². The first-order valence-electron chi connectivity index (χ1n) is 5.81. The second kappa shape index (κ2) is 5.84. The van der Waals surface area contributed by atoms with Gasteiger partial charge < -0.3 is 15.3 Å². The van der Waals surface area contributed by atoms with Crippen LogP contribution in [0.2, 0.25) is 0 Å². The van der Waals surface area contributed by atoms with E-state index in [-0.39, 0.29) is 18.4 Å². The fraction of sp³-hybridized carbons (Fsp3) is 0.818. The second-order valence-corrected chi connectivity index (χ2v) is 4.32. The molecule has 1 heterocycles. The van der Waals surface area contributed by atoms with E-state index >= 15 is 0 Å². The van der Waals surface area contributed by atoms with Gasteiger partial charge in [-0.15, -0.1) is 0 Å². The Labute approximate surface area is 95.8 Å². The molecule has 2 atom stereocenters. The standard InChI is InChI=1S/C11H20N2O3/c1-3-4-8(2)10(14)13-6-5-12-9(7-13)11(15)16/h8-9,12H,3-7H2,1-2H3,(H,15,16). The lowest BCUT2D eigenvalue weighted by Crippen LogP contribution is -2.56. The van der Waals surface area contributed by atoms with Gasteiger partial charge in [0.05, 0.1) is 0 Å². The van der Waals surface area contributed by atoms with Crippen molar-refractivity contribution in [2.24, 2.45) is 5.92 Å². The van der Waals surface area contributed by atoms with Gasteiger partial charge in [-0.25, -0.2) is 0 Å². The molecule has 1 saturated heterocycles. The summed E-state index contributed by atoms with van der Waals surface area (Å²) in [6.07, 6.45) is 1.84. The fourth-order valence-electron chi connectivity index (χ4n) is 1.98. The van der Waals surface area contributed by atoms with Crippen molar-refractivity contribution in [3.05, 3.63) is 0 Å². The number of carboxylic acids is 1. The molecule has 0 aromatic carbocycles. The average molecular weight is 228 g/mol. The molecule has 16 heavy (non-hydrogen) atoms. The molecule has 0 aromatic heterocycles. The fourth-order valence-corrected chi connectivity index (χ4v) is 1.98. The molecule has 0 bridgehead atoms. The van der Waals surface area contributed by atoms with Crippen LogP contribution in [0.5, 0.6) is 0 Å². The molecule has 0 saturated carbocycles. The van der Waals surface area contributed by atoms with E-state index in [4.69, 9.17) is 5.11 Å². The Morgan fingerprint density at radius 1 is 1.56 bits per heavy atom. The van der Waals surface area contributed by atoms with Crippen molar-refractivity contribution >= 4 is 11.9 Å². The number of aliphatic carboxylic acids is 1. The Kier molecular flexibility index (Phi) is 4.73. The smallest absolute Gasteiger partial charge is 0.322 e. The zero-order valence-electron chi connectivity index (χ0n) is 9.90. The molecule has 5 heteroatoms. The van der Waals surface area contributed by atoms with E-state index in [1.807, 2.05) is 13.8 Å². The quantitative estimate of drug-likeness (QED) is 0.726. The van der Waals surface area contributed by atoms with Gasteiger partial charge in [0.1, 0.15) is 6.04 Å². The predicted molar refractivity (Wildman–Crippen MR) is 60.1 cm³/mol. The lowest BCUT2D eigenvalue weighted by atomic mass is 10.0. The highest BCUT2D eigenvalue weighted by Crippen LogP contribution is 2.11. The molecule has 1 aliphatic heterocycles. The molecule has 92 valence electrons. The van der Waals surface area contributed by atoms with Gasteiger partial charge in [-0.1, -0.05) is 20.3 Å². The maximum Gasteiger partial charge on any atom is 0.322 e. The average Bonchev–Trinajstić information content (AvgIpc) is 2.28. The van der Waals surface area contributed by atoms with E-state index in [0.29, 0.717) is 13.1 Å². The third kappa shape index (κ3) is 3.20. The molecule has 0 aliphatic carbocycles. The highest BCUT2D eigenvalue weighted by atomic mass is 16.4. The third-order valence-electron chi connectivity index (χ3n) is 2.93. The molecular weight excluding hydrogens is 208 g/mol. The molecule has 0 aromatic rings. The summed E-state index contributed by atoms with van der Waals surface area (Å²) < 4.78 is 0. The largest absolute Gasteiger partial charge is 0.480 e. The number of piperazine rings is 1. The Bertz CT molecular complexity index is 268. The van der Waals surface area contributed by atoms with Crippen LogP contribution in [0.25, 0.3) is 0 Å². The van der Waals surface area contributed by atoms with Crippen LogP contribution in [0.4, 0.5) is 0 Å². The van der Waals surface area contributed by atoms with Crippen LogP contribution in [0, 0.1) is 5.92 Å². The van der Waals surface area contributed by atoms with Crippen molar-refractivity contribution in [3.63, 3.8) is 0 Å². The highest BCUT2D eigenvalue weighted by molar-refractivity contribution is 5.80. The number of carboxylic acid groups (broad SMARTS) is 1. The van der Waals surface area contributed by atoms with Gasteiger partial charge in [-0.05, 0) is 6.42 Å². The summed E-state index contributed by atoms with van der Waals surface area (Å²) in [6, 6.07) is -0.619. The molecular formula is C11H20N2O3. The van der Waals surface area contributed by atoms with Gasteiger partial charge in [-0.2, -0.15) is 0 Å². The zero-order chi connectivity index (χ0) is 12.1. The Morgan fingerprint density at radius 2 is 2.25 bits per heavy atom. The van der Waals surface area contributed by atoms with Crippen LogP contribution in [0.3, 0.4) is 0 Å². The van der Waals surface area contributed by atoms with E-state index in [9.17, 15) is 9.59 Å². The van der Waals surface area contributed by atoms with Crippen LogP contribution in [-0.4, -0.2) is 47.6 Å². The van der Waals surface area contributed by atoms with E-state index in [1.165, 1.54) is 0 Å². The maximum absolute atomic E-state index is 12.0. The second-order valence-electron chi connectivity index (χ2n) is 4.32. The number of nitrogens with zero attached hydrogens (tertiary/aromatic N) is 1. The number of hydrogen-bond donors (Lipinski definition) is 2. The molecule has 1 aliphatic rings. The van der Waals surface area contributed by atoms with Crippen LogP contribution >= 0.6 is 0 Å². The van der Waals surface area contributed by atoms with Gasteiger partial charge in [0, 0.05) is 25.6 Å². The Hall–Kier alpha value is -1.10. The first-order chi connectivity index (χ1) is 7.56. The van der Waals surface area contributed by atoms with Gasteiger partial charge >= 0.3 is 5.97 Å². The van der Waals surface area contributed by atoms with Crippen LogP contribution in [0.1, 0.15) is 26.7 Å². The van der Waals surface area contributed by atoms with Crippen LogP contribution in [0.15, 0.2) is 0 Å². The minimum absolute atomic E-state index is 0.00227. The summed E-state index contributed by atoms with van der Waals surface area (Å²) in [7, 11) is 0. The van der Waals surface area contributed by atoms with Crippen LogP contribution < -0.4 is 5.32 Å².